The highest BCUT2D eigenvalue weighted by Gasteiger charge is 2.34. The van der Waals surface area contributed by atoms with Crippen molar-refractivity contribution in [2.24, 2.45) is 0 Å². The van der Waals surface area contributed by atoms with Crippen molar-refractivity contribution in [3.63, 3.8) is 0 Å². The van der Waals surface area contributed by atoms with E-state index in [9.17, 15) is 13.2 Å². The lowest BCUT2D eigenvalue weighted by molar-refractivity contribution is -0.117. The molecule has 1 fully saturated rings. The standard InChI is InChI=1S/C22H28N2O4S/c1-16-7-6-9-21(17(16)2)23-22(25)15-18-8-4-5-14-24(18)29(26,27)20-12-10-19(28-3)11-13-20/h6-7,9-13,18H,4-5,8,14-15H2,1-3H3,(H,23,25)/t18-/m0/s1. The molecule has 6 nitrogen and oxygen atoms in total. The van der Waals surface area contributed by atoms with Crippen molar-refractivity contribution in [1.29, 1.82) is 0 Å². The second-order valence-corrected chi connectivity index (χ2v) is 9.33. The van der Waals surface area contributed by atoms with Crippen LogP contribution in [0.2, 0.25) is 0 Å². The number of carbonyl (C=O) groups excluding carboxylic acids is 1. The van der Waals surface area contributed by atoms with E-state index in [4.69, 9.17) is 4.74 Å². The Bertz CT molecular complexity index is 971. The molecular formula is C22H28N2O4S. The second-order valence-electron chi connectivity index (χ2n) is 7.44. The SMILES string of the molecule is COc1ccc(S(=O)(=O)N2CCCC[C@H]2CC(=O)Nc2cccc(C)c2C)cc1. The number of sulfonamides is 1. The normalized spacial score (nSPS) is 17.7. The number of aryl methyl sites for hydroxylation is 1. The molecule has 1 aliphatic heterocycles. The van der Waals surface area contributed by atoms with Gasteiger partial charge in [0, 0.05) is 24.7 Å². The first-order valence-electron chi connectivity index (χ1n) is 9.85. The highest BCUT2D eigenvalue weighted by Crippen LogP contribution is 2.28. The third kappa shape index (κ3) is 4.79. The molecule has 1 heterocycles. The van der Waals surface area contributed by atoms with Crippen LogP contribution in [0.4, 0.5) is 5.69 Å². The summed E-state index contributed by atoms with van der Waals surface area (Å²) >= 11 is 0. The van der Waals surface area contributed by atoms with Crippen molar-refractivity contribution < 1.29 is 17.9 Å². The summed E-state index contributed by atoms with van der Waals surface area (Å²) in [6.45, 7) is 4.39. The van der Waals surface area contributed by atoms with Gasteiger partial charge in [0.25, 0.3) is 0 Å². The zero-order valence-corrected chi connectivity index (χ0v) is 18.0. The molecule has 0 bridgehead atoms. The zero-order chi connectivity index (χ0) is 21.0. The number of nitrogens with zero attached hydrogens (tertiary/aromatic N) is 1. The van der Waals surface area contributed by atoms with Crippen LogP contribution < -0.4 is 10.1 Å². The van der Waals surface area contributed by atoms with Gasteiger partial charge in [-0.3, -0.25) is 4.79 Å². The number of nitrogens with one attached hydrogen (secondary N) is 1. The van der Waals surface area contributed by atoms with E-state index in [0.717, 1.165) is 29.7 Å². The molecule has 1 atom stereocenters. The quantitative estimate of drug-likeness (QED) is 0.775. The maximum Gasteiger partial charge on any atom is 0.243 e. The minimum absolute atomic E-state index is 0.142. The first kappa shape index (κ1) is 21.3. The van der Waals surface area contributed by atoms with E-state index in [2.05, 4.69) is 5.32 Å². The molecule has 2 aromatic rings. The molecule has 29 heavy (non-hydrogen) atoms. The Labute approximate surface area is 172 Å². The topological polar surface area (TPSA) is 75.7 Å². The van der Waals surface area contributed by atoms with E-state index in [1.54, 1.807) is 31.4 Å². The summed E-state index contributed by atoms with van der Waals surface area (Å²) < 4.78 is 33.0. The smallest absolute Gasteiger partial charge is 0.243 e. The average molecular weight is 417 g/mol. The molecule has 1 aliphatic rings. The van der Waals surface area contributed by atoms with Crippen LogP contribution in [0.1, 0.15) is 36.8 Å². The van der Waals surface area contributed by atoms with Crippen molar-refractivity contribution in [3.05, 3.63) is 53.6 Å². The monoisotopic (exact) mass is 416 g/mol. The molecule has 156 valence electrons. The number of rotatable bonds is 6. The lowest BCUT2D eigenvalue weighted by Gasteiger charge is -2.34. The van der Waals surface area contributed by atoms with Gasteiger partial charge in [0.1, 0.15) is 5.75 Å². The van der Waals surface area contributed by atoms with Crippen molar-refractivity contribution in [3.8, 4) is 5.75 Å². The van der Waals surface area contributed by atoms with Crippen LogP contribution in [0.25, 0.3) is 0 Å². The Balaban J connectivity index is 1.76. The van der Waals surface area contributed by atoms with Gasteiger partial charge in [-0.15, -0.1) is 0 Å². The summed E-state index contributed by atoms with van der Waals surface area (Å²) in [4.78, 5) is 12.9. The number of benzene rings is 2. The van der Waals surface area contributed by atoms with Crippen LogP contribution >= 0.6 is 0 Å². The van der Waals surface area contributed by atoms with Crippen LogP contribution in [-0.4, -0.2) is 38.3 Å². The number of hydrogen-bond donors (Lipinski definition) is 1. The third-order valence-electron chi connectivity index (χ3n) is 5.54. The Morgan fingerprint density at radius 3 is 2.55 bits per heavy atom. The maximum absolute atomic E-state index is 13.2. The van der Waals surface area contributed by atoms with Crippen LogP contribution in [0.15, 0.2) is 47.4 Å². The fourth-order valence-corrected chi connectivity index (χ4v) is 5.37. The van der Waals surface area contributed by atoms with E-state index >= 15 is 0 Å². The molecule has 0 aliphatic carbocycles. The Kier molecular flexibility index (Phi) is 6.59. The van der Waals surface area contributed by atoms with Gasteiger partial charge in [-0.05, 0) is 68.1 Å². The van der Waals surface area contributed by atoms with Crippen LogP contribution in [0.5, 0.6) is 5.75 Å². The fraction of sp³-hybridized carbons (Fsp3) is 0.409. The molecule has 0 radical (unpaired) electrons. The number of anilines is 1. The number of carbonyl (C=O) groups is 1. The first-order valence-corrected chi connectivity index (χ1v) is 11.3. The lowest BCUT2D eigenvalue weighted by Crippen LogP contribution is -2.45. The minimum Gasteiger partial charge on any atom is -0.497 e. The summed E-state index contributed by atoms with van der Waals surface area (Å²) in [5.41, 5.74) is 2.90. The van der Waals surface area contributed by atoms with Crippen molar-refractivity contribution in [2.75, 3.05) is 19.0 Å². The third-order valence-corrected chi connectivity index (χ3v) is 7.50. The number of hydrogen-bond acceptors (Lipinski definition) is 4. The molecule has 0 saturated carbocycles. The number of ether oxygens (including phenoxy) is 1. The van der Waals surface area contributed by atoms with Crippen LogP contribution in [0, 0.1) is 13.8 Å². The average Bonchev–Trinajstić information content (AvgIpc) is 2.71. The summed E-state index contributed by atoms with van der Waals surface area (Å²) in [5, 5.41) is 2.95. The van der Waals surface area contributed by atoms with Gasteiger partial charge in [0.05, 0.1) is 12.0 Å². The highest BCUT2D eigenvalue weighted by molar-refractivity contribution is 7.89. The lowest BCUT2D eigenvalue weighted by atomic mass is 10.0. The molecule has 3 rings (SSSR count). The second kappa shape index (κ2) is 8.97. The minimum atomic E-state index is -3.67. The number of piperidine rings is 1. The van der Waals surface area contributed by atoms with Gasteiger partial charge in [0.15, 0.2) is 0 Å². The molecular weight excluding hydrogens is 388 g/mol. The predicted octanol–water partition coefficient (Wildman–Crippen LogP) is 3.88. The van der Waals surface area contributed by atoms with Gasteiger partial charge >= 0.3 is 0 Å². The van der Waals surface area contributed by atoms with Crippen LogP contribution in [0.3, 0.4) is 0 Å². The van der Waals surface area contributed by atoms with E-state index in [0.29, 0.717) is 18.7 Å². The molecule has 1 N–H and O–H groups in total. The Hall–Kier alpha value is -2.38. The first-order chi connectivity index (χ1) is 13.8. The van der Waals surface area contributed by atoms with Gasteiger partial charge < -0.3 is 10.1 Å². The van der Waals surface area contributed by atoms with E-state index in [-0.39, 0.29) is 23.3 Å². The van der Waals surface area contributed by atoms with Crippen molar-refractivity contribution in [1.82, 2.24) is 4.31 Å². The molecule has 0 aromatic heterocycles. The molecule has 1 amide bonds. The molecule has 7 heteroatoms. The summed E-state index contributed by atoms with van der Waals surface area (Å²) in [6, 6.07) is 11.8. The predicted molar refractivity (Wildman–Crippen MR) is 114 cm³/mol. The van der Waals surface area contributed by atoms with E-state index < -0.39 is 10.0 Å². The zero-order valence-electron chi connectivity index (χ0n) is 17.1. The largest absolute Gasteiger partial charge is 0.497 e. The highest BCUT2D eigenvalue weighted by atomic mass is 32.2. The van der Waals surface area contributed by atoms with E-state index in [1.165, 1.54) is 4.31 Å². The summed E-state index contributed by atoms with van der Waals surface area (Å²) in [5.74, 6) is 0.438. The van der Waals surface area contributed by atoms with Crippen LogP contribution in [-0.2, 0) is 14.8 Å². The van der Waals surface area contributed by atoms with Gasteiger partial charge in [-0.2, -0.15) is 4.31 Å². The van der Waals surface area contributed by atoms with Gasteiger partial charge in [0.2, 0.25) is 15.9 Å². The molecule has 2 aromatic carbocycles. The van der Waals surface area contributed by atoms with Gasteiger partial charge in [-0.25, -0.2) is 8.42 Å². The number of methoxy groups -OCH3 is 1. The Morgan fingerprint density at radius 2 is 1.86 bits per heavy atom. The fourth-order valence-electron chi connectivity index (χ4n) is 3.68. The Morgan fingerprint density at radius 1 is 1.14 bits per heavy atom. The molecule has 1 saturated heterocycles. The molecule has 0 unspecified atom stereocenters. The molecule has 0 spiro atoms. The maximum atomic E-state index is 13.2. The van der Waals surface area contributed by atoms with Crippen molar-refractivity contribution in [2.45, 2.75) is 50.5 Å². The summed E-state index contributed by atoms with van der Waals surface area (Å²) in [6.07, 6.45) is 2.53. The van der Waals surface area contributed by atoms with Gasteiger partial charge in [-0.1, -0.05) is 18.6 Å². The van der Waals surface area contributed by atoms with Crippen molar-refractivity contribution >= 4 is 21.6 Å². The van der Waals surface area contributed by atoms with E-state index in [1.807, 2.05) is 32.0 Å². The number of amides is 1. The summed E-state index contributed by atoms with van der Waals surface area (Å²) in [7, 11) is -2.13.